The van der Waals surface area contributed by atoms with Crippen molar-refractivity contribution in [3.8, 4) is 0 Å². The summed E-state index contributed by atoms with van der Waals surface area (Å²) in [5.41, 5.74) is 2.78. The zero-order valence-electron chi connectivity index (χ0n) is 9.00. The molecule has 0 aromatic heterocycles. The highest BCUT2D eigenvalue weighted by molar-refractivity contribution is 5.93. The summed E-state index contributed by atoms with van der Waals surface area (Å²) in [5.74, 6) is -0.289. The molecule has 0 bridgehead atoms. The average molecular weight is 193 g/mol. The second kappa shape index (κ2) is 4.13. The summed E-state index contributed by atoms with van der Waals surface area (Å²) in [6.07, 6.45) is 5.52. The van der Waals surface area contributed by atoms with Crippen LogP contribution in [0.2, 0.25) is 0 Å². The lowest BCUT2D eigenvalue weighted by molar-refractivity contribution is -0.135. The van der Waals surface area contributed by atoms with Gasteiger partial charge < -0.3 is 9.64 Å². The minimum Gasteiger partial charge on any atom is -0.465 e. The van der Waals surface area contributed by atoms with E-state index in [-0.39, 0.29) is 5.97 Å². The number of carbonyl (C=O) groups is 1. The Bertz CT molecular complexity index is 335. The fraction of sp³-hybridized carbons (Fsp3) is 0.364. The van der Waals surface area contributed by atoms with Gasteiger partial charge in [0.2, 0.25) is 0 Å². The highest BCUT2D eigenvalue weighted by Crippen LogP contribution is 2.20. The van der Waals surface area contributed by atoms with Crippen molar-refractivity contribution < 1.29 is 9.53 Å². The van der Waals surface area contributed by atoms with Gasteiger partial charge in [-0.15, -0.1) is 0 Å². The van der Waals surface area contributed by atoms with Crippen LogP contribution in [0, 0.1) is 0 Å². The number of allylic oxidation sites excluding steroid dienone is 4. The number of rotatable bonds is 2. The predicted molar refractivity (Wildman–Crippen MR) is 55.6 cm³/mol. The van der Waals surface area contributed by atoms with E-state index in [1.54, 1.807) is 6.08 Å². The third kappa shape index (κ3) is 2.05. The smallest absolute Gasteiger partial charge is 0.337 e. The van der Waals surface area contributed by atoms with E-state index in [0.29, 0.717) is 5.57 Å². The first-order chi connectivity index (χ1) is 6.56. The molecule has 1 aliphatic carbocycles. The van der Waals surface area contributed by atoms with Crippen molar-refractivity contribution >= 4 is 5.97 Å². The van der Waals surface area contributed by atoms with Gasteiger partial charge in [0.1, 0.15) is 0 Å². The van der Waals surface area contributed by atoms with E-state index in [1.165, 1.54) is 7.11 Å². The monoisotopic (exact) mass is 193 g/mol. The molecule has 0 saturated carbocycles. The zero-order chi connectivity index (χ0) is 10.7. The predicted octanol–water partition coefficient (Wildman–Crippen LogP) is 1.49. The van der Waals surface area contributed by atoms with Crippen molar-refractivity contribution in [3.63, 3.8) is 0 Å². The van der Waals surface area contributed by atoms with Crippen molar-refractivity contribution in [2.75, 3.05) is 21.2 Å². The molecule has 76 valence electrons. The molecule has 0 spiro atoms. The molecule has 1 rings (SSSR count). The van der Waals surface area contributed by atoms with E-state index in [0.717, 1.165) is 11.3 Å². The van der Waals surface area contributed by atoms with Gasteiger partial charge in [-0.1, -0.05) is 6.08 Å². The van der Waals surface area contributed by atoms with Crippen molar-refractivity contribution in [3.05, 3.63) is 35.1 Å². The van der Waals surface area contributed by atoms with Crippen LogP contribution in [0.4, 0.5) is 0 Å². The molecule has 0 radical (unpaired) electrons. The molecule has 3 nitrogen and oxygen atoms in total. The Labute approximate surface area is 84.3 Å². The Morgan fingerprint density at radius 1 is 1.36 bits per heavy atom. The molecule has 0 aromatic rings. The van der Waals surface area contributed by atoms with E-state index in [9.17, 15) is 4.79 Å². The summed E-state index contributed by atoms with van der Waals surface area (Å²) in [5, 5.41) is 0. The quantitative estimate of drug-likeness (QED) is 0.622. The molecule has 0 amide bonds. The standard InChI is InChI=1S/C11H15NO2/c1-8(12(2)3)9-5-6-10(7-9)11(13)14-4/h5-7H,1-4H3/b9-8+. The summed E-state index contributed by atoms with van der Waals surface area (Å²) in [4.78, 5) is 13.2. The molecule has 1 aliphatic rings. The first-order valence-electron chi connectivity index (χ1n) is 4.42. The second-order valence-electron chi connectivity index (χ2n) is 3.36. The van der Waals surface area contributed by atoms with Crippen LogP contribution in [0.3, 0.4) is 0 Å². The summed E-state index contributed by atoms with van der Waals surface area (Å²) >= 11 is 0. The topological polar surface area (TPSA) is 29.5 Å². The van der Waals surface area contributed by atoms with Crippen molar-refractivity contribution in [1.82, 2.24) is 4.90 Å². The number of hydrogen-bond donors (Lipinski definition) is 0. The first-order valence-corrected chi connectivity index (χ1v) is 4.42. The lowest BCUT2D eigenvalue weighted by Crippen LogP contribution is -2.09. The maximum Gasteiger partial charge on any atom is 0.337 e. The highest BCUT2D eigenvalue weighted by atomic mass is 16.5. The number of methoxy groups -OCH3 is 1. The first kappa shape index (κ1) is 10.6. The van der Waals surface area contributed by atoms with Gasteiger partial charge in [-0.3, -0.25) is 0 Å². The van der Waals surface area contributed by atoms with Crippen LogP contribution in [0.1, 0.15) is 6.92 Å². The van der Waals surface area contributed by atoms with Gasteiger partial charge in [0.25, 0.3) is 0 Å². The van der Waals surface area contributed by atoms with Gasteiger partial charge in [0.15, 0.2) is 0 Å². The average Bonchev–Trinajstić information content (AvgIpc) is 2.64. The SMILES string of the molecule is COC(=O)C1=C/C(=C(\C)N(C)C)C=C1. The van der Waals surface area contributed by atoms with Crippen LogP contribution in [0.15, 0.2) is 35.1 Å². The Kier molecular flexibility index (Phi) is 3.12. The van der Waals surface area contributed by atoms with Crippen molar-refractivity contribution in [2.24, 2.45) is 0 Å². The van der Waals surface area contributed by atoms with Gasteiger partial charge in [0.05, 0.1) is 12.7 Å². The van der Waals surface area contributed by atoms with E-state index >= 15 is 0 Å². The Morgan fingerprint density at radius 2 is 2.00 bits per heavy atom. The van der Waals surface area contributed by atoms with Gasteiger partial charge in [0, 0.05) is 19.8 Å². The van der Waals surface area contributed by atoms with E-state index in [4.69, 9.17) is 0 Å². The molecule has 0 saturated heterocycles. The van der Waals surface area contributed by atoms with Gasteiger partial charge in [-0.25, -0.2) is 4.79 Å². The minimum atomic E-state index is -0.289. The van der Waals surface area contributed by atoms with Crippen LogP contribution >= 0.6 is 0 Å². The van der Waals surface area contributed by atoms with E-state index in [2.05, 4.69) is 4.74 Å². The summed E-state index contributed by atoms with van der Waals surface area (Å²) in [6, 6.07) is 0. The molecule has 0 atom stereocenters. The highest BCUT2D eigenvalue weighted by Gasteiger charge is 2.12. The third-order valence-electron chi connectivity index (χ3n) is 2.26. The Balaban J connectivity index is 2.93. The lowest BCUT2D eigenvalue weighted by atomic mass is 10.2. The largest absolute Gasteiger partial charge is 0.465 e. The van der Waals surface area contributed by atoms with Crippen LogP contribution in [0.25, 0.3) is 0 Å². The third-order valence-corrected chi connectivity index (χ3v) is 2.26. The van der Waals surface area contributed by atoms with Crippen molar-refractivity contribution in [1.29, 1.82) is 0 Å². The fourth-order valence-corrected chi connectivity index (χ4v) is 1.17. The molecule has 0 unspecified atom stereocenters. The van der Waals surface area contributed by atoms with Crippen LogP contribution < -0.4 is 0 Å². The number of ether oxygens (including phenoxy) is 1. The Morgan fingerprint density at radius 3 is 2.50 bits per heavy atom. The van der Waals surface area contributed by atoms with E-state index < -0.39 is 0 Å². The summed E-state index contributed by atoms with van der Waals surface area (Å²) in [6.45, 7) is 2.01. The zero-order valence-corrected chi connectivity index (χ0v) is 9.00. The molecule has 3 heteroatoms. The van der Waals surface area contributed by atoms with Crippen LogP contribution in [0.5, 0.6) is 0 Å². The molecule has 14 heavy (non-hydrogen) atoms. The maximum absolute atomic E-state index is 11.2. The van der Waals surface area contributed by atoms with Gasteiger partial charge in [-0.2, -0.15) is 0 Å². The number of hydrogen-bond acceptors (Lipinski definition) is 3. The molecule has 0 N–H and O–H groups in total. The molecule has 0 heterocycles. The summed E-state index contributed by atoms with van der Waals surface area (Å²) in [7, 11) is 5.33. The minimum absolute atomic E-state index is 0.289. The van der Waals surface area contributed by atoms with Crippen molar-refractivity contribution in [2.45, 2.75) is 6.92 Å². The number of esters is 1. The maximum atomic E-state index is 11.2. The fourth-order valence-electron chi connectivity index (χ4n) is 1.17. The Hall–Kier alpha value is -1.51. The molecule has 0 aromatic carbocycles. The lowest BCUT2D eigenvalue weighted by Gasteiger charge is -2.14. The molecular formula is C11H15NO2. The van der Waals surface area contributed by atoms with E-state index in [1.807, 2.05) is 38.1 Å². The molecule has 0 aliphatic heterocycles. The van der Waals surface area contributed by atoms with Crippen LogP contribution in [-0.4, -0.2) is 32.1 Å². The second-order valence-corrected chi connectivity index (χ2v) is 3.36. The molecular weight excluding hydrogens is 178 g/mol. The number of nitrogens with zero attached hydrogens (tertiary/aromatic N) is 1. The number of carbonyl (C=O) groups excluding carboxylic acids is 1. The van der Waals surface area contributed by atoms with Crippen LogP contribution in [-0.2, 0) is 9.53 Å². The van der Waals surface area contributed by atoms with Gasteiger partial charge >= 0.3 is 5.97 Å². The van der Waals surface area contributed by atoms with Gasteiger partial charge in [-0.05, 0) is 24.6 Å². The summed E-state index contributed by atoms with van der Waals surface area (Å²) < 4.78 is 4.63. The molecule has 0 fully saturated rings. The normalized spacial score (nSPS) is 17.9.